The van der Waals surface area contributed by atoms with Gasteiger partial charge in [-0.25, -0.2) is 0 Å². The molecule has 1 aliphatic carbocycles. The highest BCUT2D eigenvalue weighted by molar-refractivity contribution is 5.76. The molecule has 0 radical (unpaired) electrons. The standard InChI is InChI=1S/C12H22N2O2/c1-12(2)10(8-5-7-16-11(8)12)14-9(15)4-6-13-3/h8,10-11,13H,4-7H2,1-3H3,(H,14,15). The van der Waals surface area contributed by atoms with Gasteiger partial charge in [-0.15, -0.1) is 0 Å². The van der Waals surface area contributed by atoms with Crippen molar-refractivity contribution in [2.45, 2.75) is 38.8 Å². The minimum atomic E-state index is 0.0937. The number of rotatable bonds is 4. The second kappa shape index (κ2) is 4.34. The second-order valence-corrected chi connectivity index (χ2v) is 5.46. The van der Waals surface area contributed by atoms with Gasteiger partial charge in [-0.1, -0.05) is 13.8 Å². The number of ether oxygens (including phenoxy) is 1. The van der Waals surface area contributed by atoms with Gasteiger partial charge in [0.25, 0.3) is 0 Å². The fourth-order valence-corrected chi connectivity index (χ4v) is 3.10. The summed E-state index contributed by atoms with van der Waals surface area (Å²) in [5, 5.41) is 6.14. The van der Waals surface area contributed by atoms with Crippen molar-refractivity contribution >= 4 is 5.91 Å². The predicted octanol–water partition coefficient (Wildman–Crippen LogP) is 0.526. The summed E-state index contributed by atoms with van der Waals surface area (Å²) in [4.78, 5) is 11.7. The molecule has 0 aromatic heterocycles. The fraction of sp³-hybridized carbons (Fsp3) is 0.917. The van der Waals surface area contributed by atoms with E-state index in [-0.39, 0.29) is 11.3 Å². The van der Waals surface area contributed by atoms with Crippen molar-refractivity contribution in [1.29, 1.82) is 0 Å². The molecule has 2 N–H and O–H groups in total. The van der Waals surface area contributed by atoms with Gasteiger partial charge in [0.1, 0.15) is 0 Å². The highest BCUT2D eigenvalue weighted by Gasteiger charge is 2.59. The number of hydrogen-bond donors (Lipinski definition) is 2. The fourth-order valence-electron chi connectivity index (χ4n) is 3.10. The zero-order valence-electron chi connectivity index (χ0n) is 10.4. The molecular formula is C12H22N2O2. The Morgan fingerprint density at radius 2 is 2.25 bits per heavy atom. The molecule has 0 aromatic carbocycles. The number of carbonyl (C=O) groups excluding carboxylic acids is 1. The van der Waals surface area contributed by atoms with Crippen molar-refractivity contribution in [2.24, 2.45) is 11.3 Å². The minimum Gasteiger partial charge on any atom is -0.377 e. The molecule has 1 heterocycles. The van der Waals surface area contributed by atoms with E-state index in [1.807, 2.05) is 7.05 Å². The molecule has 4 heteroatoms. The summed E-state index contributed by atoms with van der Waals surface area (Å²) in [7, 11) is 1.86. The molecule has 2 aliphatic rings. The Balaban J connectivity index is 1.88. The summed E-state index contributed by atoms with van der Waals surface area (Å²) in [6.45, 7) is 5.95. The molecule has 2 rings (SSSR count). The Hall–Kier alpha value is -0.610. The van der Waals surface area contributed by atoms with Gasteiger partial charge in [0.05, 0.1) is 6.10 Å². The summed E-state index contributed by atoms with van der Waals surface area (Å²) in [5.41, 5.74) is 0.0937. The number of hydrogen-bond acceptors (Lipinski definition) is 3. The lowest BCUT2D eigenvalue weighted by atomic mass is 9.57. The molecule has 3 unspecified atom stereocenters. The Morgan fingerprint density at radius 3 is 2.94 bits per heavy atom. The molecule has 1 saturated carbocycles. The lowest BCUT2D eigenvalue weighted by molar-refractivity contribution is -0.137. The molecule has 1 saturated heterocycles. The van der Waals surface area contributed by atoms with Crippen LogP contribution in [0.3, 0.4) is 0 Å². The molecular weight excluding hydrogens is 204 g/mol. The first-order valence-electron chi connectivity index (χ1n) is 6.13. The van der Waals surface area contributed by atoms with Crippen LogP contribution in [-0.4, -0.2) is 38.3 Å². The maximum Gasteiger partial charge on any atom is 0.221 e. The number of fused-ring (bicyclic) bond motifs is 1. The van der Waals surface area contributed by atoms with Gasteiger partial charge >= 0.3 is 0 Å². The maximum atomic E-state index is 11.7. The van der Waals surface area contributed by atoms with Crippen LogP contribution in [0.5, 0.6) is 0 Å². The third-order valence-electron chi connectivity index (χ3n) is 4.02. The van der Waals surface area contributed by atoms with Crippen LogP contribution < -0.4 is 10.6 Å². The lowest BCUT2D eigenvalue weighted by Gasteiger charge is -2.54. The van der Waals surface area contributed by atoms with E-state index in [1.165, 1.54) is 0 Å². The summed E-state index contributed by atoms with van der Waals surface area (Å²) in [5.74, 6) is 0.686. The first-order chi connectivity index (χ1) is 7.57. The van der Waals surface area contributed by atoms with E-state index < -0.39 is 0 Å². The number of carbonyl (C=O) groups is 1. The third-order valence-corrected chi connectivity index (χ3v) is 4.02. The second-order valence-electron chi connectivity index (χ2n) is 5.46. The molecule has 0 aromatic rings. The van der Waals surface area contributed by atoms with Crippen LogP contribution in [0.15, 0.2) is 0 Å². The van der Waals surface area contributed by atoms with Gasteiger partial charge in [-0.3, -0.25) is 4.79 Å². The Morgan fingerprint density at radius 1 is 1.50 bits per heavy atom. The quantitative estimate of drug-likeness (QED) is 0.735. The summed E-state index contributed by atoms with van der Waals surface area (Å²) >= 11 is 0. The molecule has 1 aliphatic heterocycles. The lowest BCUT2D eigenvalue weighted by Crippen LogP contribution is -2.66. The van der Waals surface area contributed by atoms with Gasteiger partial charge in [-0.05, 0) is 13.5 Å². The summed E-state index contributed by atoms with van der Waals surface area (Å²) in [6.07, 6.45) is 1.99. The van der Waals surface area contributed by atoms with Crippen LogP contribution >= 0.6 is 0 Å². The van der Waals surface area contributed by atoms with Gasteiger partial charge in [-0.2, -0.15) is 0 Å². The van der Waals surface area contributed by atoms with E-state index >= 15 is 0 Å². The van der Waals surface area contributed by atoms with Crippen LogP contribution in [0.25, 0.3) is 0 Å². The molecule has 16 heavy (non-hydrogen) atoms. The van der Waals surface area contributed by atoms with E-state index in [0.717, 1.165) is 19.6 Å². The first-order valence-corrected chi connectivity index (χ1v) is 6.13. The first kappa shape index (κ1) is 11.9. The monoisotopic (exact) mass is 226 g/mol. The Kier molecular flexibility index (Phi) is 3.22. The van der Waals surface area contributed by atoms with Crippen molar-refractivity contribution in [2.75, 3.05) is 20.2 Å². The van der Waals surface area contributed by atoms with E-state index in [2.05, 4.69) is 24.5 Å². The average molecular weight is 226 g/mol. The van der Waals surface area contributed by atoms with Gasteiger partial charge in [0.15, 0.2) is 0 Å². The van der Waals surface area contributed by atoms with Gasteiger partial charge in [0.2, 0.25) is 5.91 Å². The average Bonchev–Trinajstić information content (AvgIpc) is 2.69. The molecule has 0 bridgehead atoms. The van der Waals surface area contributed by atoms with Crippen LogP contribution in [0.4, 0.5) is 0 Å². The topological polar surface area (TPSA) is 50.4 Å². The Bertz CT molecular complexity index is 278. The van der Waals surface area contributed by atoms with Crippen LogP contribution in [0, 0.1) is 11.3 Å². The third kappa shape index (κ3) is 1.84. The molecule has 3 atom stereocenters. The molecule has 92 valence electrons. The molecule has 4 nitrogen and oxygen atoms in total. The van der Waals surface area contributed by atoms with E-state index in [9.17, 15) is 4.79 Å². The number of nitrogens with one attached hydrogen (secondary N) is 2. The van der Waals surface area contributed by atoms with Crippen molar-refractivity contribution in [3.8, 4) is 0 Å². The van der Waals surface area contributed by atoms with Crippen molar-refractivity contribution in [3.05, 3.63) is 0 Å². The highest BCUT2D eigenvalue weighted by Crippen LogP contribution is 2.52. The minimum absolute atomic E-state index is 0.0937. The Labute approximate surface area is 97.1 Å². The zero-order valence-corrected chi connectivity index (χ0v) is 10.4. The van der Waals surface area contributed by atoms with E-state index in [0.29, 0.717) is 24.5 Å². The highest BCUT2D eigenvalue weighted by atomic mass is 16.5. The van der Waals surface area contributed by atoms with Crippen LogP contribution in [-0.2, 0) is 9.53 Å². The van der Waals surface area contributed by atoms with Gasteiger partial charge in [0, 0.05) is 36.9 Å². The molecule has 0 spiro atoms. The van der Waals surface area contributed by atoms with Crippen molar-refractivity contribution < 1.29 is 9.53 Å². The SMILES string of the molecule is CNCCC(=O)NC1C2CCOC2C1(C)C. The summed E-state index contributed by atoms with van der Waals surface area (Å²) < 4.78 is 5.70. The summed E-state index contributed by atoms with van der Waals surface area (Å²) in [6, 6.07) is 0.296. The van der Waals surface area contributed by atoms with E-state index in [4.69, 9.17) is 4.74 Å². The predicted molar refractivity (Wildman–Crippen MR) is 62.1 cm³/mol. The van der Waals surface area contributed by atoms with E-state index in [1.54, 1.807) is 0 Å². The molecule has 1 amide bonds. The van der Waals surface area contributed by atoms with Gasteiger partial charge < -0.3 is 15.4 Å². The normalized spacial score (nSPS) is 35.3. The maximum absolute atomic E-state index is 11.7. The van der Waals surface area contributed by atoms with Crippen molar-refractivity contribution in [3.63, 3.8) is 0 Å². The zero-order chi connectivity index (χ0) is 11.8. The van der Waals surface area contributed by atoms with Crippen LogP contribution in [0.1, 0.15) is 26.7 Å². The van der Waals surface area contributed by atoms with Crippen molar-refractivity contribution in [1.82, 2.24) is 10.6 Å². The number of amides is 1. The van der Waals surface area contributed by atoms with Crippen LogP contribution in [0.2, 0.25) is 0 Å². The smallest absolute Gasteiger partial charge is 0.221 e. The largest absolute Gasteiger partial charge is 0.377 e. The molecule has 2 fully saturated rings.